The van der Waals surface area contributed by atoms with E-state index in [-0.39, 0.29) is 41.8 Å². The lowest BCUT2D eigenvalue weighted by molar-refractivity contribution is -0.0506. The molecule has 0 saturated carbocycles. The van der Waals surface area contributed by atoms with Crippen molar-refractivity contribution in [2.75, 3.05) is 26.3 Å². The van der Waals surface area contributed by atoms with Gasteiger partial charge < -0.3 is 20.1 Å². The molecule has 2 N–H and O–H groups in total. The van der Waals surface area contributed by atoms with Gasteiger partial charge in [0.25, 0.3) is 0 Å². The van der Waals surface area contributed by atoms with Gasteiger partial charge in [0.05, 0.1) is 12.1 Å². The summed E-state index contributed by atoms with van der Waals surface area (Å²) in [5, 5.41) is 6.09. The SMILES string of the molecule is CCNC(=NCc1c(F)cccc1OC(F)F)NCCCOCC.I. The number of rotatable bonds is 10. The van der Waals surface area contributed by atoms with Crippen molar-refractivity contribution in [1.82, 2.24) is 10.6 Å². The van der Waals surface area contributed by atoms with Gasteiger partial charge in [-0.25, -0.2) is 9.38 Å². The molecule has 0 saturated heterocycles. The third-order valence-corrected chi connectivity index (χ3v) is 2.99. The molecule has 0 aliphatic carbocycles. The molecule has 5 nitrogen and oxygen atoms in total. The molecule has 25 heavy (non-hydrogen) atoms. The van der Waals surface area contributed by atoms with Crippen LogP contribution in [0.1, 0.15) is 25.8 Å². The predicted molar refractivity (Wildman–Crippen MR) is 102 cm³/mol. The summed E-state index contributed by atoms with van der Waals surface area (Å²) in [6, 6.07) is 3.80. The van der Waals surface area contributed by atoms with E-state index in [1.54, 1.807) is 0 Å². The Hall–Kier alpha value is -1.23. The molecule has 0 unspecified atom stereocenters. The fourth-order valence-corrected chi connectivity index (χ4v) is 1.92. The average Bonchev–Trinajstić information content (AvgIpc) is 2.53. The van der Waals surface area contributed by atoms with Crippen molar-refractivity contribution in [3.63, 3.8) is 0 Å². The Morgan fingerprint density at radius 1 is 1.24 bits per heavy atom. The van der Waals surface area contributed by atoms with E-state index in [9.17, 15) is 13.2 Å². The zero-order valence-corrected chi connectivity index (χ0v) is 16.7. The molecule has 0 spiro atoms. The first-order chi connectivity index (χ1) is 11.6. The van der Waals surface area contributed by atoms with Gasteiger partial charge in [0.15, 0.2) is 5.96 Å². The Kier molecular flexibility index (Phi) is 13.3. The smallest absolute Gasteiger partial charge is 0.387 e. The molecule has 9 heteroatoms. The standard InChI is InChI=1S/C16H24F3N3O2.HI/c1-3-20-16(21-9-6-10-23-4-2)22-11-12-13(17)7-5-8-14(12)24-15(18)19;/h5,7-8,15H,3-4,6,9-11H2,1-2H3,(H2,20,21,22);1H. The number of hydrogen-bond acceptors (Lipinski definition) is 3. The maximum Gasteiger partial charge on any atom is 0.387 e. The van der Waals surface area contributed by atoms with Gasteiger partial charge in [-0.05, 0) is 32.4 Å². The fourth-order valence-electron chi connectivity index (χ4n) is 1.92. The minimum Gasteiger partial charge on any atom is -0.434 e. The van der Waals surface area contributed by atoms with Crippen LogP contribution < -0.4 is 15.4 Å². The van der Waals surface area contributed by atoms with Crippen LogP contribution in [0.25, 0.3) is 0 Å². The number of aliphatic imine (C=N–C) groups is 1. The summed E-state index contributed by atoms with van der Waals surface area (Å²) < 4.78 is 48.3. The lowest BCUT2D eigenvalue weighted by Crippen LogP contribution is -2.38. The molecule has 1 rings (SSSR count). The highest BCUT2D eigenvalue weighted by Gasteiger charge is 2.13. The van der Waals surface area contributed by atoms with Crippen LogP contribution in [0.4, 0.5) is 13.2 Å². The molecule has 0 heterocycles. The second kappa shape index (κ2) is 14.0. The van der Waals surface area contributed by atoms with Crippen molar-refractivity contribution >= 4 is 29.9 Å². The van der Waals surface area contributed by atoms with Crippen molar-refractivity contribution in [3.05, 3.63) is 29.6 Å². The summed E-state index contributed by atoms with van der Waals surface area (Å²) in [5.41, 5.74) is -0.00989. The molecule has 1 aromatic rings. The maximum atomic E-state index is 13.9. The Morgan fingerprint density at radius 2 is 2.00 bits per heavy atom. The van der Waals surface area contributed by atoms with Gasteiger partial charge in [0.2, 0.25) is 0 Å². The Bertz CT molecular complexity index is 519. The van der Waals surface area contributed by atoms with Crippen LogP contribution in [0.5, 0.6) is 5.75 Å². The first-order valence-corrected chi connectivity index (χ1v) is 7.90. The van der Waals surface area contributed by atoms with E-state index < -0.39 is 12.4 Å². The normalized spacial score (nSPS) is 11.2. The summed E-state index contributed by atoms with van der Waals surface area (Å²) in [4.78, 5) is 4.22. The Labute approximate surface area is 163 Å². The van der Waals surface area contributed by atoms with Gasteiger partial charge in [-0.2, -0.15) is 8.78 Å². The summed E-state index contributed by atoms with van der Waals surface area (Å²) in [6.45, 7) is 3.22. The quantitative estimate of drug-likeness (QED) is 0.236. The van der Waals surface area contributed by atoms with E-state index >= 15 is 0 Å². The van der Waals surface area contributed by atoms with E-state index in [4.69, 9.17) is 4.74 Å². The Balaban J connectivity index is 0.00000576. The lowest BCUT2D eigenvalue weighted by Gasteiger charge is -2.13. The van der Waals surface area contributed by atoms with E-state index in [1.165, 1.54) is 18.2 Å². The third kappa shape index (κ3) is 9.73. The average molecular weight is 475 g/mol. The summed E-state index contributed by atoms with van der Waals surface area (Å²) in [5.74, 6) is -0.370. The zero-order valence-electron chi connectivity index (χ0n) is 14.4. The van der Waals surface area contributed by atoms with Crippen molar-refractivity contribution in [2.24, 2.45) is 4.99 Å². The first kappa shape index (κ1) is 23.8. The van der Waals surface area contributed by atoms with Gasteiger partial charge in [-0.3, -0.25) is 0 Å². The molecule has 0 fully saturated rings. The van der Waals surface area contributed by atoms with Crippen LogP contribution in [-0.2, 0) is 11.3 Å². The molecule has 1 aromatic carbocycles. The molecule has 0 aliphatic rings. The molecule has 0 aliphatic heterocycles. The molecule has 144 valence electrons. The third-order valence-electron chi connectivity index (χ3n) is 2.99. The van der Waals surface area contributed by atoms with Gasteiger partial charge in [-0.15, -0.1) is 24.0 Å². The minimum absolute atomic E-state index is 0. The highest BCUT2D eigenvalue weighted by Crippen LogP contribution is 2.24. The highest BCUT2D eigenvalue weighted by molar-refractivity contribution is 14.0. The van der Waals surface area contributed by atoms with Gasteiger partial charge in [0, 0.05) is 26.3 Å². The zero-order chi connectivity index (χ0) is 17.8. The maximum absolute atomic E-state index is 13.9. The predicted octanol–water partition coefficient (Wildman–Crippen LogP) is 3.53. The summed E-state index contributed by atoms with van der Waals surface area (Å²) in [7, 11) is 0. The van der Waals surface area contributed by atoms with E-state index in [0.717, 1.165) is 6.42 Å². The molecule has 0 aromatic heterocycles. The first-order valence-electron chi connectivity index (χ1n) is 7.90. The Morgan fingerprint density at radius 3 is 2.64 bits per heavy atom. The largest absolute Gasteiger partial charge is 0.434 e. The second-order valence-corrected chi connectivity index (χ2v) is 4.77. The number of hydrogen-bond donors (Lipinski definition) is 2. The topological polar surface area (TPSA) is 54.9 Å². The molecule has 0 amide bonds. The number of ether oxygens (including phenoxy) is 2. The molecule has 0 radical (unpaired) electrons. The molecular weight excluding hydrogens is 450 g/mol. The van der Waals surface area contributed by atoms with Crippen LogP contribution >= 0.6 is 24.0 Å². The van der Waals surface area contributed by atoms with Gasteiger partial charge in [-0.1, -0.05) is 6.07 Å². The van der Waals surface area contributed by atoms with Crippen molar-refractivity contribution in [1.29, 1.82) is 0 Å². The van der Waals surface area contributed by atoms with Crippen molar-refractivity contribution in [2.45, 2.75) is 33.4 Å². The number of benzene rings is 1. The number of nitrogens with one attached hydrogen (secondary N) is 2. The van der Waals surface area contributed by atoms with Crippen LogP contribution in [-0.4, -0.2) is 38.9 Å². The van der Waals surface area contributed by atoms with E-state index in [1.807, 2.05) is 13.8 Å². The minimum atomic E-state index is -3.01. The lowest BCUT2D eigenvalue weighted by atomic mass is 10.2. The fraction of sp³-hybridized carbons (Fsp3) is 0.562. The molecular formula is C16H25F3IN3O2. The molecule has 0 bridgehead atoms. The van der Waals surface area contributed by atoms with Crippen LogP contribution in [0.3, 0.4) is 0 Å². The second-order valence-electron chi connectivity index (χ2n) is 4.77. The summed E-state index contributed by atoms with van der Waals surface area (Å²) in [6.07, 6.45) is 0.789. The number of halogens is 4. The van der Waals surface area contributed by atoms with Gasteiger partial charge >= 0.3 is 6.61 Å². The van der Waals surface area contributed by atoms with E-state index in [0.29, 0.717) is 32.3 Å². The van der Waals surface area contributed by atoms with Crippen molar-refractivity contribution < 1.29 is 22.6 Å². The molecule has 0 atom stereocenters. The number of nitrogens with zero attached hydrogens (tertiary/aromatic N) is 1. The number of alkyl halides is 2. The summed E-state index contributed by atoms with van der Waals surface area (Å²) >= 11 is 0. The van der Waals surface area contributed by atoms with Gasteiger partial charge in [0.1, 0.15) is 11.6 Å². The number of guanidine groups is 1. The van der Waals surface area contributed by atoms with Crippen LogP contribution in [0.2, 0.25) is 0 Å². The highest BCUT2D eigenvalue weighted by atomic mass is 127. The monoisotopic (exact) mass is 475 g/mol. The van der Waals surface area contributed by atoms with Crippen LogP contribution in [0, 0.1) is 5.82 Å². The van der Waals surface area contributed by atoms with E-state index in [2.05, 4.69) is 20.4 Å². The van der Waals surface area contributed by atoms with Crippen molar-refractivity contribution in [3.8, 4) is 5.75 Å². The van der Waals surface area contributed by atoms with Crippen LogP contribution in [0.15, 0.2) is 23.2 Å².